The fraction of sp³-hybridized carbons (Fsp3) is 0.478. The topological polar surface area (TPSA) is 76.5 Å². The largest absolute Gasteiger partial charge is 0.474 e. The van der Waals surface area contributed by atoms with Gasteiger partial charge in [0.15, 0.2) is 0 Å². The van der Waals surface area contributed by atoms with E-state index in [2.05, 4.69) is 66.5 Å². The van der Waals surface area contributed by atoms with E-state index < -0.39 is 0 Å². The Morgan fingerprint density at radius 1 is 1.06 bits per heavy atom. The van der Waals surface area contributed by atoms with Crippen molar-refractivity contribution in [1.82, 2.24) is 19.9 Å². The van der Waals surface area contributed by atoms with Crippen molar-refractivity contribution < 1.29 is 9.47 Å². The Balaban J connectivity index is 1.33. The average molecular weight is 546 g/mol. The molecule has 0 atom stereocenters. The van der Waals surface area contributed by atoms with Crippen LogP contribution in [-0.2, 0) is 4.74 Å². The lowest BCUT2D eigenvalue weighted by atomic mass is 9.92. The van der Waals surface area contributed by atoms with Gasteiger partial charge in [0.25, 0.3) is 0 Å². The number of hydrogen-bond donors (Lipinski definition) is 0. The van der Waals surface area contributed by atoms with Gasteiger partial charge in [-0.2, -0.15) is 4.98 Å². The van der Waals surface area contributed by atoms with E-state index in [1.54, 1.807) is 12.4 Å². The number of pyridine rings is 2. The summed E-state index contributed by atoms with van der Waals surface area (Å²) in [5, 5.41) is 0.978. The molecule has 1 saturated heterocycles. The summed E-state index contributed by atoms with van der Waals surface area (Å²) >= 11 is 2.29. The van der Waals surface area contributed by atoms with Crippen LogP contribution in [0.4, 0.5) is 11.8 Å². The number of fused-ring (bicyclic) bond motifs is 1. The summed E-state index contributed by atoms with van der Waals surface area (Å²) in [5.74, 6) is 2.39. The summed E-state index contributed by atoms with van der Waals surface area (Å²) in [6, 6.07) is 6.44. The van der Waals surface area contributed by atoms with Crippen LogP contribution in [0.25, 0.3) is 10.9 Å². The van der Waals surface area contributed by atoms with Crippen molar-refractivity contribution in [3.8, 4) is 5.88 Å². The van der Waals surface area contributed by atoms with Crippen LogP contribution in [0.1, 0.15) is 25.7 Å². The molecule has 32 heavy (non-hydrogen) atoms. The lowest BCUT2D eigenvalue weighted by molar-refractivity contribution is 0.122. The number of aromatic nitrogens is 4. The molecule has 0 bridgehead atoms. The molecule has 0 spiro atoms. The molecule has 2 fully saturated rings. The summed E-state index contributed by atoms with van der Waals surface area (Å²) in [6.07, 6.45) is 9.65. The zero-order chi connectivity index (χ0) is 21.9. The van der Waals surface area contributed by atoms with Gasteiger partial charge in [-0.1, -0.05) is 0 Å². The summed E-state index contributed by atoms with van der Waals surface area (Å²) in [7, 11) is 2.08. The zero-order valence-electron chi connectivity index (χ0n) is 18.2. The van der Waals surface area contributed by atoms with E-state index in [1.165, 1.54) is 0 Å². The van der Waals surface area contributed by atoms with Gasteiger partial charge in [-0.3, -0.25) is 4.98 Å². The molecule has 9 heteroatoms. The maximum absolute atomic E-state index is 6.53. The van der Waals surface area contributed by atoms with Gasteiger partial charge in [0.05, 0.1) is 24.1 Å². The standard InChI is InChI=1S/C23H27IN6O2/c1-29(23-25-7-2-8-26-23)17-3-5-18(6-4-17)32-22-19-13-16(24)15-27-20(19)14-21(28-22)30-9-11-31-12-10-30/h2,7-8,13-15,17-18H,3-6,9-12H2,1H3. The second kappa shape index (κ2) is 9.70. The van der Waals surface area contributed by atoms with Crippen molar-refractivity contribution >= 4 is 45.3 Å². The van der Waals surface area contributed by atoms with Crippen molar-refractivity contribution in [3.63, 3.8) is 0 Å². The Morgan fingerprint density at radius 2 is 1.81 bits per heavy atom. The number of hydrogen-bond acceptors (Lipinski definition) is 8. The van der Waals surface area contributed by atoms with Crippen LogP contribution in [0.5, 0.6) is 5.88 Å². The Morgan fingerprint density at radius 3 is 2.56 bits per heavy atom. The lowest BCUT2D eigenvalue weighted by Crippen LogP contribution is -2.39. The summed E-state index contributed by atoms with van der Waals surface area (Å²) in [5.41, 5.74) is 0.923. The molecule has 0 radical (unpaired) electrons. The fourth-order valence-corrected chi connectivity index (χ4v) is 4.89. The van der Waals surface area contributed by atoms with Crippen LogP contribution in [0, 0.1) is 3.57 Å². The Labute approximate surface area is 201 Å². The third-order valence-corrected chi connectivity index (χ3v) is 6.86. The highest BCUT2D eigenvalue weighted by molar-refractivity contribution is 14.1. The highest BCUT2D eigenvalue weighted by atomic mass is 127. The van der Waals surface area contributed by atoms with Crippen LogP contribution in [0.15, 0.2) is 36.8 Å². The molecule has 3 aromatic heterocycles. The lowest BCUT2D eigenvalue weighted by Gasteiger charge is -2.34. The van der Waals surface area contributed by atoms with Gasteiger partial charge < -0.3 is 19.3 Å². The number of halogens is 1. The fourth-order valence-electron chi connectivity index (χ4n) is 4.44. The zero-order valence-corrected chi connectivity index (χ0v) is 20.3. The Bertz CT molecular complexity index is 1060. The number of morpholine rings is 1. The van der Waals surface area contributed by atoms with E-state index >= 15 is 0 Å². The van der Waals surface area contributed by atoms with Gasteiger partial charge in [0.1, 0.15) is 11.9 Å². The maximum atomic E-state index is 6.53. The van der Waals surface area contributed by atoms with E-state index in [4.69, 9.17) is 14.5 Å². The molecule has 4 heterocycles. The molecule has 3 aromatic rings. The van der Waals surface area contributed by atoms with Crippen molar-refractivity contribution in [2.45, 2.75) is 37.8 Å². The van der Waals surface area contributed by atoms with Crippen molar-refractivity contribution in [3.05, 3.63) is 40.4 Å². The smallest absolute Gasteiger partial charge is 0.225 e. The molecule has 0 N–H and O–H groups in total. The van der Waals surface area contributed by atoms with Crippen LogP contribution in [0.2, 0.25) is 0 Å². The van der Waals surface area contributed by atoms with Crippen molar-refractivity contribution in [2.24, 2.45) is 0 Å². The van der Waals surface area contributed by atoms with Gasteiger partial charge >= 0.3 is 0 Å². The first kappa shape index (κ1) is 21.6. The molecule has 8 nitrogen and oxygen atoms in total. The normalized spacial score (nSPS) is 21.5. The quantitative estimate of drug-likeness (QED) is 0.449. The molecule has 168 valence electrons. The van der Waals surface area contributed by atoms with E-state index in [1.807, 2.05) is 12.3 Å². The van der Waals surface area contributed by atoms with Gasteiger partial charge in [-0.25, -0.2) is 9.97 Å². The van der Waals surface area contributed by atoms with Crippen LogP contribution < -0.4 is 14.5 Å². The van der Waals surface area contributed by atoms with Crippen LogP contribution >= 0.6 is 22.6 Å². The maximum Gasteiger partial charge on any atom is 0.225 e. The number of anilines is 2. The molecule has 1 aliphatic carbocycles. The first-order chi connectivity index (χ1) is 15.7. The average Bonchev–Trinajstić information content (AvgIpc) is 2.85. The predicted octanol–water partition coefficient (Wildman–Crippen LogP) is 3.69. The second-order valence-corrected chi connectivity index (χ2v) is 9.56. The minimum atomic E-state index is 0.143. The molecule has 0 unspecified atom stereocenters. The molecule has 1 saturated carbocycles. The van der Waals surface area contributed by atoms with Gasteiger partial charge in [-0.05, 0) is 60.4 Å². The SMILES string of the molecule is CN(c1ncccn1)C1CCC(Oc2nc(N3CCOCC3)cc3ncc(I)cc23)CC1. The van der Waals surface area contributed by atoms with Gasteiger partial charge in [0.2, 0.25) is 11.8 Å². The first-order valence-electron chi connectivity index (χ1n) is 11.1. The molecular formula is C23H27IN6O2. The molecule has 5 rings (SSSR count). The third kappa shape index (κ3) is 4.73. The third-order valence-electron chi connectivity index (χ3n) is 6.27. The number of nitrogens with zero attached hydrogens (tertiary/aromatic N) is 6. The minimum absolute atomic E-state index is 0.143. The van der Waals surface area contributed by atoms with Crippen LogP contribution in [-0.4, -0.2) is 65.4 Å². The first-order valence-corrected chi connectivity index (χ1v) is 12.2. The van der Waals surface area contributed by atoms with Crippen LogP contribution in [0.3, 0.4) is 0 Å². The Kier molecular flexibility index (Phi) is 6.54. The van der Waals surface area contributed by atoms with E-state index in [0.29, 0.717) is 11.9 Å². The number of rotatable bonds is 5. The molecule has 2 aliphatic rings. The summed E-state index contributed by atoms with van der Waals surface area (Å²) < 4.78 is 13.1. The highest BCUT2D eigenvalue weighted by Crippen LogP contribution is 2.32. The Hall–Kier alpha value is -2.27. The minimum Gasteiger partial charge on any atom is -0.474 e. The van der Waals surface area contributed by atoms with Gasteiger partial charge in [0, 0.05) is 54.4 Å². The van der Waals surface area contributed by atoms with E-state index in [9.17, 15) is 0 Å². The molecule has 1 aliphatic heterocycles. The summed E-state index contributed by atoms with van der Waals surface area (Å²) in [6.45, 7) is 3.11. The van der Waals surface area contributed by atoms with E-state index in [-0.39, 0.29) is 6.10 Å². The predicted molar refractivity (Wildman–Crippen MR) is 132 cm³/mol. The van der Waals surface area contributed by atoms with Crippen molar-refractivity contribution in [2.75, 3.05) is 43.2 Å². The van der Waals surface area contributed by atoms with E-state index in [0.717, 1.165) is 78.2 Å². The summed E-state index contributed by atoms with van der Waals surface area (Å²) in [4.78, 5) is 22.8. The van der Waals surface area contributed by atoms with Crippen molar-refractivity contribution in [1.29, 1.82) is 0 Å². The molecule has 0 aromatic carbocycles. The van der Waals surface area contributed by atoms with Gasteiger partial charge in [-0.15, -0.1) is 0 Å². The molecule has 0 amide bonds. The number of ether oxygens (including phenoxy) is 2. The highest BCUT2D eigenvalue weighted by Gasteiger charge is 2.27. The molecular weight excluding hydrogens is 519 g/mol. The second-order valence-electron chi connectivity index (χ2n) is 8.31. The monoisotopic (exact) mass is 546 g/mol.